The molecule has 6 heteroatoms. The highest BCUT2D eigenvalue weighted by Crippen LogP contribution is 2.16. The Morgan fingerprint density at radius 3 is 2.71 bits per heavy atom. The van der Waals surface area contributed by atoms with Crippen LogP contribution in [-0.2, 0) is 11.3 Å². The van der Waals surface area contributed by atoms with E-state index in [1.54, 1.807) is 12.4 Å². The molecule has 3 amide bonds. The van der Waals surface area contributed by atoms with Gasteiger partial charge in [-0.25, -0.2) is 4.79 Å². The predicted molar refractivity (Wildman–Crippen MR) is 79.5 cm³/mol. The van der Waals surface area contributed by atoms with Gasteiger partial charge in [0.05, 0.1) is 6.54 Å². The maximum atomic E-state index is 11.7. The molecule has 0 saturated heterocycles. The van der Waals surface area contributed by atoms with E-state index in [9.17, 15) is 9.59 Å². The first kappa shape index (κ1) is 15.3. The van der Waals surface area contributed by atoms with Crippen molar-refractivity contribution in [2.75, 3.05) is 6.54 Å². The van der Waals surface area contributed by atoms with Gasteiger partial charge >= 0.3 is 6.03 Å². The van der Waals surface area contributed by atoms with E-state index < -0.39 is 0 Å². The summed E-state index contributed by atoms with van der Waals surface area (Å²) in [6.45, 7) is 0.402. The molecule has 1 aromatic heterocycles. The molecular weight excluding hydrogens is 268 g/mol. The summed E-state index contributed by atoms with van der Waals surface area (Å²) in [4.78, 5) is 27.3. The first-order valence-electron chi connectivity index (χ1n) is 7.44. The normalized spacial score (nSPS) is 15.2. The molecule has 0 radical (unpaired) electrons. The summed E-state index contributed by atoms with van der Waals surface area (Å²) >= 11 is 0. The predicted octanol–water partition coefficient (Wildman–Crippen LogP) is 1.33. The maximum Gasteiger partial charge on any atom is 0.315 e. The molecule has 3 N–H and O–H groups in total. The molecule has 0 aromatic carbocycles. The van der Waals surface area contributed by atoms with Crippen molar-refractivity contribution in [3.63, 3.8) is 0 Å². The van der Waals surface area contributed by atoms with Gasteiger partial charge in [-0.3, -0.25) is 9.78 Å². The SMILES string of the molecule is O=C(CNC(=O)NCc1cccnc1)NC1CCCCC1. The second-order valence-electron chi connectivity index (χ2n) is 5.30. The molecule has 114 valence electrons. The van der Waals surface area contributed by atoms with E-state index >= 15 is 0 Å². The minimum atomic E-state index is -0.349. The van der Waals surface area contributed by atoms with Crippen molar-refractivity contribution in [1.29, 1.82) is 0 Å². The zero-order chi connectivity index (χ0) is 14.9. The first-order valence-corrected chi connectivity index (χ1v) is 7.44. The van der Waals surface area contributed by atoms with Crippen molar-refractivity contribution < 1.29 is 9.59 Å². The van der Waals surface area contributed by atoms with Crippen LogP contribution in [-0.4, -0.2) is 29.5 Å². The number of rotatable bonds is 5. The highest BCUT2D eigenvalue weighted by atomic mass is 16.2. The van der Waals surface area contributed by atoms with Crippen LogP contribution in [0.3, 0.4) is 0 Å². The summed E-state index contributed by atoms with van der Waals surface area (Å²) in [5.74, 6) is -0.126. The third-order valence-electron chi connectivity index (χ3n) is 3.56. The van der Waals surface area contributed by atoms with Crippen molar-refractivity contribution in [2.24, 2.45) is 0 Å². The number of nitrogens with one attached hydrogen (secondary N) is 3. The molecule has 2 rings (SSSR count). The Morgan fingerprint density at radius 2 is 2.00 bits per heavy atom. The van der Waals surface area contributed by atoms with Crippen molar-refractivity contribution in [1.82, 2.24) is 20.9 Å². The van der Waals surface area contributed by atoms with Gasteiger partial charge in [-0.1, -0.05) is 25.3 Å². The van der Waals surface area contributed by atoms with Crippen LogP contribution in [0, 0.1) is 0 Å². The van der Waals surface area contributed by atoms with E-state index in [4.69, 9.17) is 0 Å². The number of carbonyl (C=O) groups is 2. The molecule has 1 aliphatic rings. The third-order valence-corrected chi connectivity index (χ3v) is 3.56. The van der Waals surface area contributed by atoms with E-state index in [2.05, 4.69) is 20.9 Å². The Morgan fingerprint density at radius 1 is 1.19 bits per heavy atom. The number of carbonyl (C=O) groups excluding carboxylic acids is 2. The summed E-state index contributed by atoms with van der Waals surface area (Å²) in [5.41, 5.74) is 0.916. The maximum absolute atomic E-state index is 11.7. The number of aromatic nitrogens is 1. The van der Waals surface area contributed by atoms with E-state index in [-0.39, 0.29) is 24.5 Å². The molecular formula is C15H22N4O2. The lowest BCUT2D eigenvalue weighted by molar-refractivity contribution is -0.121. The lowest BCUT2D eigenvalue weighted by Crippen LogP contribution is -2.45. The molecule has 1 aromatic rings. The lowest BCUT2D eigenvalue weighted by Gasteiger charge is -2.22. The molecule has 0 atom stereocenters. The largest absolute Gasteiger partial charge is 0.352 e. The second-order valence-corrected chi connectivity index (χ2v) is 5.30. The third kappa shape index (κ3) is 5.81. The Balaban J connectivity index is 1.60. The summed E-state index contributed by atoms with van der Waals surface area (Å²) in [7, 11) is 0. The summed E-state index contributed by atoms with van der Waals surface area (Å²) in [6, 6.07) is 3.61. The number of hydrogen-bond donors (Lipinski definition) is 3. The Bertz CT molecular complexity index is 458. The average Bonchev–Trinajstić information content (AvgIpc) is 2.53. The second kappa shape index (κ2) is 8.24. The van der Waals surface area contributed by atoms with Gasteiger partial charge < -0.3 is 16.0 Å². The van der Waals surface area contributed by atoms with Gasteiger partial charge in [0.1, 0.15) is 0 Å². The Labute approximate surface area is 124 Å². The smallest absolute Gasteiger partial charge is 0.315 e. The van der Waals surface area contributed by atoms with E-state index in [1.165, 1.54) is 19.3 Å². The number of pyridine rings is 1. The fourth-order valence-corrected chi connectivity index (χ4v) is 2.43. The average molecular weight is 290 g/mol. The van der Waals surface area contributed by atoms with Gasteiger partial charge in [-0.2, -0.15) is 0 Å². The van der Waals surface area contributed by atoms with Gasteiger partial charge in [-0.05, 0) is 24.5 Å². The van der Waals surface area contributed by atoms with Crippen LogP contribution in [0.4, 0.5) is 4.79 Å². The standard InChI is InChI=1S/C15H22N4O2/c20-14(19-13-6-2-1-3-7-13)11-18-15(21)17-10-12-5-4-8-16-9-12/h4-5,8-9,13H,1-3,6-7,10-11H2,(H,19,20)(H2,17,18,21). The number of urea groups is 1. The van der Waals surface area contributed by atoms with Crippen LogP contribution in [0.1, 0.15) is 37.7 Å². The monoisotopic (exact) mass is 290 g/mol. The number of hydrogen-bond acceptors (Lipinski definition) is 3. The summed E-state index contributed by atoms with van der Waals surface area (Å²) in [5, 5.41) is 8.20. The zero-order valence-corrected chi connectivity index (χ0v) is 12.1. The highest BCUT2D eigenvalue weighted by Gasteiger charge is 2.15. The molecule has 1 fully saturated rings. The molecule has 1 heterocycles. The molecule has 1 saturated carbocycles. The van der Waals surface area contributed by atoms with Gasteiger partial charge in [0.15, 0.2) is 0 Å². The number of amides is 3. The molecule has 0 unspecified atom stereocenters. The minimum Gasteiger partial charge on any atom is -0.352 e. The van der Waals surface area contributed by atoms with Gasteiger partial charge in [0.2, 0.25) is 5.91 Å². The molecule has 0 spiro atoms. The van der Waals surface area contributed by atoms with Crippen LogP contribution in [0.25, 0.3) is 0 Å². The van der Waals surface area contributed by atoms with E-state index in [1.807, 2.05) is 12.1 Å². The zero-order valence-electron chi connectivity index (χ0n) is 12.1. The number of nitrogens with zero attached hydrogens (tertiary/aromatic N) is 1. The van der Waals surface area contributed by atoms with Gasteiger partial charge in [0, 0.05) is 25.0 Å². The Hall–Kier alpha value is -2.11. The lowest BCUT2D eigenvalue weighted by atomic mass is 9.95. The van der Waals surface area contributed by atoms with Gasteiger partial charge in [-0.15, -0.1) is 0 Å². The van der Waals surface area contributed by atoms with Crippen LogP contribution >= 0.6 is 0 Å². The van der Waals surface area contributed by atoms with Crippen molar-refractivity contribution in [2.45, 2.75) is 44.7 Å². The van der Waals surface area contributed by atoms with Crippen LogP contribution in [0.2, 0.25) is 0 Å². The van der Waals surface area contributed by atoms with Crippen molar-refractivity contribution in [3.8, 4) is 0 Å². The molecule has 0 bridgehead atoms. The fourth-order valence-electron chi connectivity index (χ4n) is 2.43. The Kier molecular flexibility index (Phi) is 5.99. The van der Waals surface area contributed by atoms with Crippen LogP contribution in [0.15, 0.2) is 24.5 Å². The molecule has 1 aliphatic carbocycles. The minimum absolute atomic E-state index is 0.00930. The molecule has 0 aliphatic heterocycles. The highest BCUT2D eigenvalue weighted by molar-refractivity contribution is 5.84. The van der Waals surface area contributed by atoms with Crippen LogP contribution < -0.4 is 16.0 Å². The topological polar surface area (TPSA) is 83.1 Å². The fraction of sp³-hybridized carbons (Fsp3) is 0.533. The molecule has 21 heavy (non-hydrogen) atoms. The van der Waals surface area contributed by atoms with Gasteiger partial charge in [0.25, 0.3) is 0 Å². The summed E-state index contributed by atoms with van der Waals surface area (Å²) < 4.78 is 0. The van der Waals surface area contributed by atoms with Crippen LogP contribution in [0.5, 0.6) is 0 Å². The summed E-state index contributed by atoms with van der Waals surface area (Å²) in [6.07, 6.45) is 9.04. The molecule has 6 nitrogen and oxygen atoms in total. The first-order chi connectivity index (χ1) is 10.2. The quantitative estimate of drug-likeness (QED) is 0.765. The van der Waals surface area contributed by atoms with E-state index in [0.717, 1.165) is 18.4 Å². The van der Waals surface area contributed by atoms with Crippen molar-refractivity contribution >= 4 is 11.9 Å². The van der Waals surface area contributed by atoms with E-state index in [0.29, 0.717) is 6.54 Å². The van der Waals surface area contributed by atoms with Crippen molar-refractivity contribution in [3.05, 3.63) is 30.1 Å².